The van der Waals surface area contributed by atoms with Gasteiger partial charge in [0.2, 0.25) is 0 Å². The molecule has 0 aromatic carbocycles. The van der Waals surface area contributed by atoms with Crippen LogP contribution in [0.1, 0.15) is 31.0 Å². The van der Waals surface area contributed by atoms with E-state index in [0.29, 0.717) is 11.8 Å². The molecule has 1 aromatic rings. The Morgan fingerprint density at radius 1 is 1.32 bits per heavy atom. The second kappa shape index (κ2) is 6.03. The van der Waals surface area contributed by atoms with Crippen LogP contribution in [0, 0.1) is 11.8 Å². The fourth-order valence-electron chi connectivity index (χ4n) is 3.01. The molecule has 0 amide bonds. The minimum Gasteiger partial charge on any atom is -0.381 e. The van der Waals surface area contributed by atoms with Gasteiger partial charge in [0.25, 0.3) is 0 Å². The number of hydrogen-bond acceptors (Lipinski definition) is 4. The van der Waals surface area contributed by atoms with E-state index in [4.69, 9.17) is 15.2 Å². The summed E-state index contributed by atoms with van der Waals surface area (Å²) in [7, 11) is 0. The highest BCUT2D eigenvalue weighted by atomic mass is 16.5. The number of nitrogens with two attached hydrogens (primary N) is 1. The van der Waals surface area contributed by atoms with Crippen LogP contribution >= 0.6 is 0 Å². The van der Waals surface area contributed by atoms with Gasteiger partial charge in [-0.3, -0.25) is 0 Å². The molecule has 2 N–H and O–H groups in total. The molecular weight excluding hydrogens is 242 g/mol. The van der Waals surface area contributed by atoms with Crippen molar-refractivity contribution in [2.75, 3.05) is 26.4 Å². The number of rotatable bonds is 5. The maximum Gasteiger partial charge on any atom is 0.0948 e. The average molecular weight is 265 g/mol. The van der Waals surface area contributed by atoms with Crippen LogP contribution in [0.3, 0.4) is 0 Å². The quantitative estimate of drug-likeness (QED) is 0.873. The van der Waals surface area contributed by atoms with Crippen molar-refractivity contribution in [3.05, 3.63) is 18.2 Å². The lowest BCUT2D eigenvalue weighted by molar-refractivity contribution is 0.179. The topological polar surface area (TPSA) is 62.3 Å². The molecule has 2 saturated heterocycles. The average Bonchev–Trinajstić information content (AvgIpc) is 3.16. The van der Waals surface area contributed by atoms with Gasteiger partial charge < -0.3 is 19.8 Å². The van der Waals surface area contributed by atoms with Gasteiger partial charge >= 0.3 is 0 Å². The van der Waals surface area contributed by atoms with Crippen molar-refractivity contribution in [2.45, 2.75) is 31.8 Å². The summed E-state index contributed by atoms with van der Waals surface area (Å²) >= 11 is 0. The molecule has 3 rings (SSSR count). The molecule has 2 fully saturated rings. The Hall–Kier alpha value is -0.910. The Morgan fingerprint density at radius 2 is 2.16 bits per heavy atom. The van der Waals surface area contributed by atoms with Crippen LogP contribution in [-0.4, -0.2) is 36.0 Å². The Kier molecular flexibility index (Phi) is 4.15. The number of nitrogens with zero attached hydrogens (tertiary/aromatic N) is 2. The lowest BCUT2D eigenvalue weighted by atomic mass is 9.97. The van der Waals surface area contributed by atoms with Crippen LogP contribution < -0.4 is 5.73 Å². The van der Waals surface area contributed by atoms with Crippen LogP contribution in [-0.2, 0) is 16.0 Å². The van der Waals surface area contributed by atoms with Crippen LogP contribution in [0.25, 0.3) is 0 Å². The Labute approximate surface area is 114 Å². The molecule has 0 spiro atoms. The normalized spacial score (nSPS) is 28.9. The van der Waals surface area contributed by atoms with E-state index in [9.17, 15) is 0 Å². The van der Waals surface area contributed by atoms with Gasteiger partial charge in [-0.05, 0) is 25.2 Å². The van der Waals surface area contributed by atoms with E-state index in [0.717, 1.165) is 51.5 Å². The standard InChI is InChI=1S/C14H23N3O2/c15-14(12-3-6-19-9-12)13-7-16-10-17(13)4-1-11-2-5-18-8-11/h7,10-12,14H,1-6,8-9,15H2. The van der Waals surface area contributed by atoms with E-state index >= 15 is 0 Å². The molecule has 3 unspecified atom stereocenters. The number of aromatic nitrogens is 2. The number of hydrogen-bond donors (Lipinski definition) is 1. The SMILES string of the molecule is NC(c1cncn1CCC1CCOC1)C1CCOC1. The Morgan fingerprint density at radius 3 is 2.89 bits per heavy atom. The van der Waals surface area contributed by atoms with Gasteiger partial charge in [-0.25, -0.2) is 4.98 Å². The van der Waals surface area contributed by atoms with Crippen molar-refractivity contribution in [3.63, 3.8) is 0 Å². The first-order valence-corrected chi connectivity index (χ1v) is 7.25. The van der Waals surface area contributed by atoms with E-state index in [1.54, 1.807) is 0 Å². The molecule has 3 heterocycles. The molecule has 0 saturated carbocycles. The first-order chi connectivity index (χ1) is 9.34. The fraction of sp³-hybridized carbons (Fsp3) is 0.786. The van der Waals surface area contributed by atoms with E-state index in [1.807, 2.05) is 12.5 Å². The zero-order valence-electron chi connectivity index (χ0n) is 11.3. The van der Waals surface area contributed by atoms with Gasteiger partial charge in [-0.15, -0.1) is 0 Å². The highest BCUT2D eigenvalue weighted by Gasteiger charge is 2.26. The Bertz CT molecular complexity index is 395. The number of ether oxygens (including phenoxy) is 2. The van der Waals surface area contributed by atoms with Crippen LogP contribution in [0.2, 0.25) is 0 Å². The van der Waals surface area contributed by atoms with E-state index in [-0.39, 0.29) is 6.04 Å². The molecule has 5 heteroatoms. The number of imidazole rings is 1. The molecule has 2 aliphatic rings. The van der Waals surface area contributed by atoms with Crippen molar-refractivity contribution in [2.24, 2.45) is 17.6 Å². The van der Waals surface area contributed by atoms with Gasteiger partial charge in [-0.2, -0.15) is 0 Å². The van der Waals surface area contributed by atoms with Gasteiger partial charge in [0, 0.05) is 38.5 Å². The molecule has 1 aromatic heterocycles. The molecule has 3 atom stereocenters. The maximum absolute atomic E-state index is 6.36. The highest BCUT2D eigenvalue weighted by molar-refractivity contribution is 5.07. The first-order valence-electron chi connectivity index (χ1n) is 7.25. The van der Waals surface area contributed by atoms with Crippen molar-refractivity contribution >= 4 is 0 Å². The van der Waals surface area contributed by atoms with Crippen molar-refractivity contribution in [3.8, 4) is 0 Å². The summed E-state index contributed by atoms with van der Waals surface area (Å²) in [5.41, 5.74) is 7.51. The predicted molar refractivity (Wildman–Crippen MR) is 71.6 cm³/mol. The molecule has 19 heavy (non-hydrogen) atoms. The minimum atomic E-state index is 0.0461. The van der Waals surface area contributed by atoms with Gasteiger partial charge in [0.05, 0.1) is 24.7 Å². The van der Waals surface area contributed by atoms with Crippen molar-refractivity contribution < 1.29 is 9.47 Å². The third-order valence-corrected chi connectivity index (χ3v) is 4.36. The third kappa shape index (κ3) is 2.99. The largest absolute Gasteiger partial charge is 0.381 e. The summed E-state index contributed by atoms with van der Waals surface area (Å²) < 4.78 is 13.1. The third-order valence-electron chi connectivity index (χ3n) is 4.36. The zero-order valence-corrected chi connectivity index (χ0v) is 11.3. The number of aryl methyl sites for hydroxylation is 1. The lowest BCUT2D eigenvalue weighted by Gasteiger charge is -2.20. The van der Waals surface area contributed by atoms with Crippen molar-refractivity contribution in [1.29, 1.82) is 0 Å². The highest BCUT2D eigenvalue weighted by Crippen LogP contribution is 2.27. The summed E-state index contributed by atoms with van der Waals surface area (Å²) in [4.78, 5) is 4.27. The fourth-order valence-corrected chi connectivity index (χ4v) is 3.01. The van der Waals surface area contributed by atoms with Gasteiger partial charge in [0.1, 0.15) is 0 Å². The smallest absolute Gasteiger partial charge is 0.0948 e. The summed E-state index contributed by atoms with van der Waals surface area (Å²) in [5.74, 6) is 1.13. The van der Waals surface area contributed by atoms with Gasteiger partial charge in [0.15, 0.2) is 0 Å². The minimum absolute atomic E-state index is 0.0461. The first kappa shape index (κ1) is 13.1. The summed E-state index contributed by atoms with van der Waals surface area (Å²) in [6.45, 7) is 4.44. The second-order valence-corrected chi connectivity index (χ2v) is 5.68. The molecule has 2 aliphatic heterocycles. The molecular formula is C14H23N3O2. The monoisotopic (exact) mass is 265 g/mol. The Balaban J connectivity index is 1.60. The predicted octanol–water partition coefficient (Wildman–Crippen LogP) is 1.35. The van der Waals surface area contributed by atoms with E-state index in [2.05, 4.69) is 9.55 Å². The van der Waals surface area contributed by atoms with Crippen molar-refractivity contribution in [1.82, 2.24) is 9.55 Å². The van der Waals surface area contributed by atoms with Gasteiger partial charge in [-0.1, -0.05) is 0 Å². The van der Waals surface area contributed by atoms with Crippen LogP contribution in [0.4, 0.5) is 0 Å². The molecule has 5 nitrogen and oxygen atoms in total. The summed E-state index contributed by atoms with van der Waals surface area (Å²) in [6.07, 6.45) is 7.21. The zero-order chi connectivity index (χ0) is 13.1. The second-order valence-electron chi connectivity index (χ2n) is 5.68. The van der Waals surface area contributed by atoms with E-state index in [1.165, 1.54) is 6.42 Å². The summed E-state index contributed by atoms with van der Waals surface area (Å²) in [6, 6.07) is 0.0461. The molecule has 0 bridgehead atoms. The van der Waals surface area contributed by atoms with E-state index < -0.39 is 0 Å². The summed E-state index contributed by atoms with van der Waals surface area (Å²) in [5, 5.41) is 0. The maximum atomic E-state index is 6.36. The van der Waals surface area contributed by atoms with Crippen LogP contribution in [0.15, 0.2) is 12.5 Å². The molecule has 106 valence electrons. The van der Waals surface area contributed by atoms with Crippen LogP contribution in [0.5, 0.6) is 0 Å². The molecule has 0 aliphatic carbocycles. The molecule has 0 radical (unpaired) electrons. The lowest BCUT2D eigenvalue weighted by Crippen LogP contribution is -2.24.